The van der Waals surface area contributed by atoms with Crippen LogP contribution in [0.15, 0.2) is 47.4 Å². The molecule has 1 fully saturated rings. The lowest BCUT2D eigenvalue weighted by molar-refractivity contribution is 0.184. The zero-order valence-electron chi connectivity index (χ0n) is 15.3. The van der Waals surface area contributed by atoms with Gasteiger partial charge in [-0.3, -0.25) is 4.31 Å². The van der Waals surface area contributed by atoms with Crippen LogP contribution in [-0.2, 0) is 19.9 Å². The van der Waals surface area contributed by atoms with Gasteiger partial charge in [0, 0.05) is 6.07 Å². The second-order valence-electron chi connectivity index (χ2n) is 6.69. The van der Waals surface area contributed by atoms with Crippen molar-refractivity contribution in [2.24, 2.45) is 0 Å². The first kappa shape index (κ1) is 20.4. The van der Waals surface area contributed by atoms with Crippen molar-refractivity contribution in [3.05, 3.63) is 48.0 Å². The highest BCUT2D eigenvalue weighted by Gasteiger charge is 2.45. The Hall–Kier alpha value is -2.30. The Morgan fingerprint density at radius 3 is 2.43 bits per heavy atom. The zero-order valence-corrected chi connectivity index (χ0v) is 16.9. The Kier molecular flexibility index (Phi) is 5.30. The van der Waals surface area contributed by atoms with E-state index in [9.17, 15) is 27.0 Å². The topological polar surface area (TPSA) is 121 Å². The molecule has 3 rings (SSSR count). The van der Waals surface area contributed by atoms with Crippen molar-refractivity contribution >= 4 is 25.5 Å². The summed E-state index contributed by atoms with van der Waals surface area (Å²) in [6, 6.07) is 8.81. The highest BCUT2D eigenvalue weighted by Crippen LogP contribution is 2.36. The van der Waals surface area contributed by atoms with Crippen LogP contribution >= 0.6 is 0 Å². The van der Waals surface area contributed by atoms with Gasteiger partial charge in [-0.25, -0.2) is 16.8 Å². The normalized spacial score (nSPS) is 21.4. The number of aliphatic hydroxyl groups is 1. The number of nitrogens with zero attached hydrogens (tertiary/aromatic N) is 1. The maximum absolute atomic E-state index is 13.6. The average molecular weight is 428 g/mol. The van der Waals surface area contributed by atoms with Gasteiger partial charge in [0.1, 0.15) is 16.4 Å². The number of phenols is 1. The number of ether oxygens (including phenoxy) is 1. The molecule has 2 N–H and O–H groups in total. The summed E-state index contributed by atoms with van der Waals surface area (Å²) in [7, 11) is -6.62. The number of aromatic hydroxyl groups is 1. The second-order valence-corrected chi connectivity index (χ2v) is 10.6. The summed E-state index contributed by atoms with van der Waals surface area (Å²) in [5.41, 5.74) is 0.708. The van der Waals surface area contributed by atoms with Crippen molar-refractivity contribution in [3.63, 3.8) is 0 Å². The molecule has 0 unspecified atom stereocenters. The van der Waals surface area contributed by atoms with E-state index in [4.69, 9.17) is 4.74 Å². The number of hydrogen-bond donors (Lipinski definition) is 2. The smallest absolute Gasteiger partial charge is 0.268 e. The van der Waals surface area contributed by atoms with Gasteiger partial charge < -0.3 is 14.9 Å². The van der Waals surface area contributed by atoms with Crippen molar-refractivity contribution in [2.45, 2.75) is 24.0 Å². The molecule has 1 aliphatic rings. The van der Waals surface area contributed by atoms with E-state index in [0.717, 1.165) is 4.31 Å². The lowest BCUT2D eigenvalue weighted by Crippen LogP contribution is -2.47. The van der Waals surface area contributed by atoms with Crippen molar-refractivity contribution in [1.29, 1.82) is 0 Å². The van der Waals surface area contributed by atoms with Gasteiger partial charge >= 0.3 is 0 Å². The molecule has 0 spiro atoms. The van der Waals surface area contributed by atoms with E-state index in [1.54, 1.807) is 13.0 Å². The van der Waals surface area contributed by atoms with Crippen molar-refractivity contribution < 1.29 is 31.8 Å². The van der Waals surface area contributed by atoms with Gasteiger partial charge in [0.25, 0.3) is 10.0 Å². The molecule has 10 heteroatoms. The van der Waals surface area contributed by atoms with E-state index in [0.29, 0.717) is 5.56 Å². The molecule has 0 aromatic heterocycles. The predicted octanol–water partition coefficient (Wildman–Crippen LogP) is 1.06. The SMILES string of the molecule is COc1ccc(C)cc1S(=O)(=O)N(c1cccc(O)c1)[C@H]1CS(=O)(=O)C[C@@H]1O. The largest absolute Gasteiger partial charge is 0.508 e. The minimum Gasteiger partial charge on any atom is -0.508 e. The molecule has 8 nitrogen and oxygen atoms in total. The summed E-state index contributed by atoms with van der Waals surface area (Å²) in [6.45, 7) is 1.71. The number of aryl methyl sites for hydroxylation is 1. The Morgan fingerprint density at radius 1 is 1.14 bits per heavy atom. The molecular weight excluding hydrogens is 406 g/mol. The summed E-state index contributed by atoms with van der Waals surface area (Å²) < 4.78 is 57.3. The van der Waals surface area contributed by atoms with E-state index in [-0.39, 0.29) is 22.1 Å². The molecule has 0 amide bonds. The van der Waals surface area contributed by atoms with Crippen molar-refractivity contribution in [2.75, 3.05) is 22.9 Å². The Bertz CT molecular complexity index is 1100. The van der Waals surface area contributed by atoms with E-state index in [2.05, 4.69) is 0 Å². The first-order valence-electron chi connectivity index (χ1n) is 8.42. The maximum atomic E-state index is 13.6. The number of rotatable bonds is 5. The van der Waals surface area contributed by atoms with Crippen molar-refractivity contribution in [1.82, 2.24) is 0 Å². The molecule has 0 aliphatic carbocycles. The molecule has 2 aromatic carbocycles. The third-order valence-electron chi connectivity index (χ3n) is 4.53. The summed E-state index contributed by atoms with van der Waals surface area (Å²) in [4.78, 5) is -0.158. The first-order valence-corrected chi connectivity index (χ1v) is 11.7. The number of benzene rings is 2. The lowest BCUT2D eigenvalue weighted by atomic mass is 10.2. The number of aliphatic hydroxyl groups excluding tert-OH is 1. The molecule has 0 saturated carbocycles. The fraction of sp³-hybridized carbons (Fsp3) is 0.333. The van der Waals surface area contributed by atoms with Gasteiger partial charge in [-0.05, 0) is 36.8 Å². The Morgan fingerprint density at radius 2 is 1.86 bits per heavy atom. The Balaban J connectivity index is 2.24. The standard InChI is InChI=1S/C18H21NO7S2/c1-12-6-7-17(26-2)18(8-12)28(24,25)19(13-4-3-5-14(20)9-13)15-10-27(22,23)11-16(15)21/h3-9,15-16,20-21H,10-11H2,1-2H3/t15-,16-/m0/s1. The first-order chi connectivity index (χ1) is 13.0. The van der Waals surface area contributed by atoms with Gasteiger partial charge in [0.05, 0.1) is 36.4 Å². The summed E-state index contributed by atoms with van der Waals surface area (Å²) >= 11 is 0. The van der Waals surface area contributed by atoms with E-state index in [1.165, 1.54) is 43.5 Å². The van der Waals surface area contributed by atoms with Gasteiger partial charge in [0.15, 0.2) is 9.84 Å². The van der Waals surface area contributed by atoms with E-state index >= 15 is 0 Å². The number of hydrogen-bond acceptors (Lipinski definition) is 7. The van der Waals surface area contributed by atoms with Gasteiger partial charge in [-0.1, -0.05) is 12.1 Å². The number of phenolic OH excluding ortho intramolecular Hbond substituents is 1. The lowest BCUT2D eigenvalue weighted by Gasteiger charge is -2.32. The van der Waals surface area contributed by atoms with Crippen LogP contribution in [0.5, 0.6) is 11.5 Å². The predicted molar refractivity (Wildman–Crippen MR) is 104 cm³/mol. The summed E-state index contributed by atoms with van der Waals surface area (Å²) in [5, 5.41) is 20.2. The number of anilines is 1. The van der Waals surface area contributed by atoms with Gasteiger partial charge in [0.2, 0.25) is 0 Å². The van der Waals surface area contributed by atoms with Crippen LogP contribution in [0, 0.1) is 6.92 Å². The second kappa shape index (κ2) is 7.26. The van der Waals surface area contributed by atoms with Crippen LogP contribution < -0.4 is 9.04 Å². The molecule has 2 aromatic rings. The van der Waals surface area contributed by atoms with Crippen LogP contribution in [0.25, 0.3) is 0 Å². The van der Waals surface area contributed by atoms with Crippen LogP contribution in [0.4, 0.5) is 5.69 Å². The molecule has 1 saturated heterocycles. The monoisotopic (exact) mass is 427 g/mol. The average Bonchev–Trinajstić information content (AvgIpc) is 2.87. The molecule has 1 aliphatic heterocycles. The van der Waals surface area contributed by atoms with Gasteiger partial charge in [-0.15, -0.1) is 0 Å². The molecule has 152 valence electrons. The fourth-order valence-electron chi connectivity index (χ4n) is 3.26. The van der Waals surface area contributed by atoms with Crippen LogP contribution in [0.3, 0.4) is 0 Å². The van der Waals surface area contributed by atoms with E-state index < -0.39 is 43.5 Å². The van der Waals surface area contributed by atoms with Crippen LogP contribution in [0.2, 0.25) is 0 Å². The highest BCUT2D eigenvalue weighted by atomic mass is 32.2. The summed E-state index contributed by atoms with van der Waals surface area (Å²) in [6.07, 6.45) is -1.40. The highest BCUT2D eigenvalue weighted by molar-refractivity contribution is 7.93. The molecule has 28 heavy (non-hydrogen) atoms. The molecular formula is C18H21NO7S2. The third kappa shape index (κ3) is 3.80. The molecule has 2 atom stereocenters. The van der Waals surface area contributed by atoms with Crippen molar-refractivity contribution in [3.8, 4) is 11.5 Å². The van der Waals surface area contributed by atoms with Crippen LogP contribution in [0.1, 0.15) is 5.56 Å². The molecule has 0 radical (unpaired) electrons. The molecule has 0 bridgehead atoms. The zero-order chi connectivity index (χ0) is 20.7. The Labute approximate surface area is 164 Å². The quantitative estimate of drug-likeness (QED) is 0.732. The van der Waals surface area contributed by atoms with Gasteiger partial charge in [-0.2, -0.15) is 0 Å². The number of methoxy groups -OCH3 is 1. The maximum Gasteiger partial charge on any atom is 0.268 e. The number of sulfonamides is 1. The molecule has 1 heterocycles. The van der Waals surface area contributed by atoms with E-state index in [1.807, 2.05) is 0 Å². The minimum atomic E-state index is -4.33. The number of sulfone groups is 1. The fourth-order valence-corrected chi connectivity index (χ4v) is 7.04. The third-order valence-corrected chi connectivity index (χ3v) is 8.11. The summed E-state index contributed by atoms with van der Waals surface area (Å²) in [5.74, 6) is -1.17. The minimum absolute atomic E-state index is 0.0460. The van der Waals surface area contributed by atoms with Crippen LogP contribution in [-0.4, -0.2) is 57.8 Å².